The van der Waals surface area contributed by atoms with E-state index in [9.17, 15) is 9.59 Å². The van der Waals surface area contributed by atoms with Gasteiger partial charge in [0.1, 0.15) is 5.75 Å². The molecule has 6 heteroatoms. The molecule has 168 valence electrons. The van der Waals surface area contributed by atoms with Crippen molar-refractivity contribution in [2.24, 2.45) is 5.41 Å². The molecule has 1 atom stereocenters. The molecule has 2 fully saturated rings. The lowest BCUT2D eigenvalue weighted by Crippen LogP contribution is -2.56. The topological polar surface area (TPSA) is 76.7 Å². The fraction of sp³-hybridized carbons (Fsp3) is 0.462. The van der Waals surface area contributed by atoms with Crippen LogP contribution in [0.2, 0.25) is 0 Å². The zero-order valence-corrected chi connectivity index (χ0v) is 18.9. The lowest BCUT2D eigenvalue weighted by atomic mass is 9.61. The number of methoxy groups -OCH3 is 1. The molecule has 0 bridgehead atoms. The third-order valence-electron chi connectivity index (χ3n) is 7.46. The van der Waals surface area contributed by atoms with Gasteiger partial charge in [-0.1, -0.05) is 24.3 Å². The van der Waals surface area contributed by atoms with Crippen molar-refractivity contribution in [1.82, 2.24) is 10.6 Å². The average Bonchev–Trinajstić information content (AvgIpc) is 3.23. The molecule has 2 aromatic rings. The molecule has 2 aromatic carbocycles. The quantitative estimate of drug-likeness (QED) is 0.703. The summed E-state index contributed by atoms with van der Waals surface area (Å²) in [5.41, 5.74) is 2.71. The number of imide groups is 1. The lowest BCUT2D eigenvalue weighted by molar-refractivity contribution is -0.132. The maximum absolute atomic E-state index is 13.4. The number of ether oxygens (including phenoxy) is 2. The molecule has 2 aliphatic carbocycles. The molecule has 1 unspecified atom stereocenters. The van der Waals surface area contributed by atoms with Crippen LogP contribution in [0.4, 0.5) is 4.79 Å². The summed E-state index contributed by atoms with van der Waals surface area (Å²) in [6.45, 7) is 4.12. The second kappa shape index (κ2) is 7.62. The molecule has 0 aromatic heterocycles. The summed E-state index contributed by atoms with van der Waals surface area (Å²) >= 11 is 0. The molecular formula is C26H30N2O4. The van der Waals surface area contributed by atoms with Gasteiger partial charge in [0.25, 0.3) is 5.91 Å². The van der Waals surface area contributed by atoms with Crippen LogP contribution >= 0.6 is 0 Å². The summed E-state index contributed by atoms with van der Waals surface area (Å²) in [7, 11) is 1.65. The minimum Gasteiger partial charge on any atom is -0.497 e. The van der Waals surface area contributed by atoms with Crippen molar-refractivity contribution in [3.63, 3.8) is 0 Å². The Kier molecular flexibility index (Phi) is 5.01. The van der Waals surface area contributed by atoms with E-state index in [0.717, 1.165) is 60.1 Å². The Balaban J connectivity index is 1.57. The highest BCUT2D eigenvalue weighted by atomic mass is 16.5. The summed E-state index contributed by atoms with van der Waals surface area (Å²) in [6, 6.07) is 13.8. The Bertz CT molecular complexity index is 1070. The van der Waals surface area contributed by atoms with E-state index in [1.165, 1.54) is 0 Å². The third kappa shape index (κ3) is 3.12. The maximum atomic E-state index is 13.4. The van der Waals surface area contributed by atoms with Gasteiger partial charge in [-0.2, -0.15) is 0 Å². The van der Waals surface area contributed by atoms with Crippen molar-refractivity contribution in [3.05, 3.63) is 53.6 Å². The number of hydrogen-bond donors (Lipinski definition) is 2. The van der Waals surface area contributed by atoms with E-state index in [-0.39, 0.29) is 23.5 Å². The molecule has 2 N–H and O–H groups in total. The largest absolute Gasteiger partial charge is 0.497 e. The minimum atomic E-state index is -1.03. The van der Waals surface area contributed by atoms with Crippen LogP contribution in [0.25, 0.3) is 11.1 Å². The molecular weight excluding hydrogens is 404 g/mol. The first kappa shape index (κ1) is 21.0. The zero-order chi connectivity index (χ0) is 22.5. The Morgan fingerprint density at radius 2 is 1.78 bits per heavy atom. The number of hydrogen-bond acceptors (Lipinski definition) is 4. The highest BCUT2D eigenvalue weighted by molar-refractivity contribution is 6.09. The predicted molar refractivity (Wildman–Crippen MR) is 121 cm³/mol. The summed E-state index contributed by atoms with van der Waals surface area (Å²) in [4.78, 5) is 25.8. The monoisotopic (exact) mass is 434 g/mol. The molecule has 1 heterocycles. The number of urea groups is 1. The Labute approximate surface area is 188 Å². The van der Waals surface area contributed by atoms with Crippen molar-refractivity contribution < 1.29 is 19.1 Å². The van der Waals surface area contributed by atoms with Crippen LogP contribution in [0.1, 0.15) is 50.7 Å². The van der Waals surface area contributed by atoms with E-state index in [1.807, 2.05) is 24.3 Å². The molecule has 6 nitrogen and oxygen atoms in total. The van der Waals surface area contributed by atoms with Crippen LogP contribution in [0.5, 0.6) is 5.75 Å². The van der Waals surface area contributed by atoms with Gasteiger partial charge >= 0.3 is 6.03 Å². The second-order valence-corrected chi connectivity index (χ2v) is 9.60. The highest BCUT2D eigenvalue weighted by Gasteiger charge is 2.66. The van der Waals surface area contributed by atoms with Crippen molar-refractivity contribution >= 4 is 11.9 Å². The molecule has 3 aliphatic rings. The Morgan fingerprint density at radius 1 is 1.03 bits per heavy atom. The number of carbonyl (C=O) groups excluding carboxylic acids is 2. The lowest BCUT2D eigenvalue weighted by Gasteiger charge is -2.46. The van der Waals surface area contributed by atoms with Gasteiger partial charge in [0, 0.05) is 5.41 Å². The predicted octanol–water partition coefficient (Wildman–Crippen LogP) is 4.31. The number of carbonyl (C=O) groups is 2. The number of benzene rings is 2. The number of amides is 3. The van der Waals surface area contributed by atoms with Gasteiger partial charge in [0.15, 0.2) is 5.54 Å². The van der Waals surface area contributed by atoms with Gasteiger partial charge in [0.05, 0.1) is 19.3 Å². The van der Waals surface area contributed by atoms with Crippen LogP contribution in [0.15, 0.2) is 42.5 Å². The highest BCUT2D eigenvalue weighted by Crippen LogP contribution is 2.59. The zero-order valence-electron chi connectivity index (χ0n) is 18.9. The van der Waals surface area contributed by atoms with E-state index < -0.39 is 11.6 Å². The normalized spacial score (nSPS) is 28.8. The molecule has 1 saturated carbocycles. The van der Waals surface area contributed by atoms with Crippen molar-refractivity contribution in [2.75, 3.05) is 7.11 Å². The molecule has 2 spiro atoms. The van der Waals surface area contributed by atoms with Gasteiger partial charge in [-0.05, 0) is 86.4 Å². The molecule has 1 aliphatic heterocycles. The average molecular weight is 435 g/mol. The van der Waals surface area contributed by atoms with Crippen LogP contribution < -0.4 is 15.4 Å². The third-order valence-corrected chi connectivity index (χ3v) is 7.46. The van der Waals surface area contributed by atoms with Gasteiger partial charge in [-0.3, -0.25) is 10.1 Å². The van der Waals surface area contributed by atoms with E-state index in [4.69, 9.17) is 9.47 Å². The van der Waals surface area contributed by atoms with Crippen LogP contribution in [-0.4, -0.2) is 31.3 Å². The first-order valence-electron chi connectivity index (χ1n) is 11.4. The number of fused-ring (bicyclic) bond motifs is 3. The number of rotatable bonds is 4. The van der Waals surface area contributed by atoms with E-state index in [1.54, 1.807) is 7.11 Å². The molecule has 0 radical (unpaired) electrons. The Hall–Kier alpha value is -2.86. The minimum absolute atomic E-state index is 0.184. The fourth-order valence-corrected chi connectivity index (χ4v) is 6.08. The van der Waals surface area contributed by atoms with Crippen LogP contribution in [0.3, 0.4) is 0 Å². The fourth-order valence-electron chi connectivity index (χ4n) is 6.08. The molecule has 32 heavy (non-hydrogen) atoms. The summed E-state index contributed by atoms with van der Waals surface area (Å²) in [6.07, 6.45) is 4.61. The maximum Gasteiger partial charge on any atom is 0.322 e. The SMILES string of the molecule is COc1cccc(-c2ccc3c(c2)C2(NC(=O)NC2=O)[C@]2(CC[C@H](OC(C)C)CC2)C3)c1. The van der Waals surface area contributed by atoms with Crippen LogP contribution in [0, 0.1) is 5.41 Å². The Morgan fingerprint density at radius 3 is 2.44 bits per heavy atom. The number of nitrogens with one attached hydrogen (secondary N) is 2. The first-order valence-corrected chi connectivity index (χ1v) is 11.4. The summed E-state index contributed by atoms with van der Waals surface area (Å²) in [5.74, 6) is 0.553. The van der Waals surface area contributed by atoms with E-state index in [2.05, 4.69) is 42.7 Å². The standard InChI is InChI=1S/C26H30N2O4/c1-16(2)32-20-9-11-25(12-10-20)15-19-8-7-18(17-5-4-6-21(13-17)31-3)14-22(19)26(25)23(29)27-24(30)28-26/h4-8,13-14,16,20H,9-12,15H2,1-3H3,(H2,27,28,29,30)/t20-,25-,26?. The van der Waals surface area contributed by atoms with Crippen LogP contribution in [-0.2, 0) is 21.5 Å². The van der Waals surface area contributed by atoms with Gasteiger partial charge < -0.3 is 14.8 Å². The first-order chi connectivity index (χ1) is 15.4. The summed E-state index contributed by atoms with van der Waals surface area (Å²) in [5, 5.41) is 5.63. The van der Waals surface area contributed by atoms with Crippen molar-refractivity contribution in [2.45, 2.75) is 63.7 Å². The van der Waals surface area contributed by atoms with E-state index >= 15 is 0 Å². The van der Waals surface area contributed by atoms with Crippen molar-refractivity contribution in [1.29, 1.82) is 0 Å². The second-order valence-electron chi connectivity index (χ2n) is 9.60. The molecule has 3 amide bonds. The molecule has 5 rings (SSSR count). The summed E-state index contributed by atoms with van der Waals surface area (Å²) < 4.78 is 11.5. The molecule has 1 saturated heterocycles. The van der Waals surface area contributed by atoms with Gasteiger partial charge in [-0.25, -0.2) is 4.79 Å². The van der Waals surface area contributed by atoms with Gasteiger partial charge in [-0.15, -0.1) is 0 Å². The van der Waals surface area contributed by atoms with Gasteiger partial charge in [0.2, 0.25) is 0 Å². The van der Waals surface area contributed by atoms with E-state index in [0.29, 0.717) is 0 Å². The smallest absolute Gasteiger partial charge is 0.322 e. The van der Waals surface area contributed by atoms with Crippen molar-refractivity contribution in [3.8, 4) is 16.9 Å².